The molecule has 0 aliphatic carbocycles. The predicted molar refractivity (Wildman–Crippen MR) is 75.4 cm³/mol. The first kappa shape index (κ1) is 12.4. The number of benzene rings is 2. The fourth-order valence-corrected chi connectivity index (χ4v) is 1.71. The number of ether oxygens (including phenoxy) is 1. The quantitative estimate of drug-likeness (QED) is 0.742. The molecule has 0 heterocycles. The zero-order chi connectivity index (χ0) is 12.8. The summed E-state index contributed by atoms with van der Waals surface area (Å²) in [6, 6.07) is 18.3. The minimum absolute atomic E-state index is 0.149. The summed E-state index contributed by atoms with van der Waals surface area (Å²) in [4.78, 5) is 4.55. The molecule has 2 aromatic rings. The highest BCUT2D eigenvalue weighted by Crippen LogP contribution is 2.19. The number of aliphatic imine (C=N–C) groups is 1. The van der Waals surface area contributed by atoms with E-state index in [-0.39, 0.29) is 6.04 Å². The second-order valence-electron chi connectivity index (χ2n) is 4.14. The number of nitrogens with zero attached hydrogens (tertiary/aromatic N) is 1. The molecular weight excluding hydrogens is 222 g/mol. The van der Waals surface area contributed by atoms with Gasteiger partial charge in [0, 0.05) is 6.21 Å². The van der Waals surface area contributed by atoms with E-state index in [2.05, 4.69) is 11.9 Å². The standard InChI is InChI=1S/C16H17NO/c1-13(15-8-10-16(18-2)11-9-15)17-12-14-6-4-3-5-7-14/h3-13H,1-2H3. The van der Waals surface area contributed by atoms with Crippen molar-refractivity contribution in [3.8, 4) is 5.75 Å². The molecule has 0 radical (unpaired) electrons. The highest BCUT2D eigenvalue weighted by molar-refractivity contribution is 5.79. The van der Waals surface area contributed by atoms with Crippen molar-refractivity contribution in [3.63, 3.8) is 0 Å². The van der Waals surface area contributed by atoms with Crippen molar-refractivity contribution in [1.29, 1.82) is 0 Å². The van der Waals surface area contributed by atoms with Crippen molar-refractivity contribution in [2.24, 2.45) is 4.99 Å². The molecule has 0 aliphatic heterocycles. The minimum Gasteiger partial charge on any atom is -0.497 e. The van der Waals surface area contributed by atoms with Gasteiger partial charge >= 0.3 is 0 Å². The van der Waals surface area contributed by atoms with Crippen LogP contribution in [0.1, 0.15) is 24.1 Å². The van der Waals surface area contributed by atoms with Gasteiger partial charge in [-0.25, -0.2) is 0 Å². The Kier molecular flexibility index (Phi) is 4.13. The molecule has 1 atom stereocenters. The van der Waals surface area contributed by atoms with E-state index in [9.17, 15) is 0 Å². The molecule has 0 amide bonds. The summed E-state index contributed by atoms with van der Waals surface area (Å²) in [5.74, 6) is 0.873. The monoisotopic (exact) mass is 239 g/mol. The van der Waals surface area contributed by atoms with E-state index < -0.39 is 0 Å². The zero-order valence-corrected chi connectivity index (χ0v) is 10.7. The molecule has 0 aliphatic rings. The van der Waals surface area contributed by atoms with Crippen LogP contribution in [-0.2, 0) is 0 Å². The topological polar surface area (TPSA) is 21.6 Å². The molecule has 18 heavy (non-hydrogen) atoms. The van der Waals surface area contributed by atoms with Gasteiger partial charge in [0.05, 0.1) is 13.2 Å². The summed E-state index contributed by atoms with van der Waals surface area (Å²) >= 11 is 0. The average molecular weight is 239 g/mol. The van der Waals surface area contributed by atoms with Crippen molar-refractivity contribution < 1.29 is 4.74 Å². The Morgan fingerprint density at radius 3 is 2.28 bits per heavy atom. The Labute approximate surface area is 108 Å². The van der Waals surface area contributed by atoms with Crippen LogP contribution in [0.15, 0.2) is 59.6 Å². The second-order valence-corrected chi connectivity index (χ2v) is 4.14. The summed E-state index contributed by atoms with van der Waals surface area (Å²) in [6.07, 6.45) is 1.91. The van der Waals surface area contributed by atoms with E-state index in [1.54, 1.807) is 7.11 Å². The highest BCUT2D eigenvalue weighted by Gasteiger charge is 2.02. The lowest BCUT2D eigenvalue weighted by Crippen LogP contribution is -1.91. The highest BCUT2D eigenvalue weighted by atomic mass is 16.5. The molecule has 1 unspecified atom stereocenters. The van der Waals surface area contributed by atoms with E-state index in [0.29, 0.717) is 0 Å². The van der Waals surface area contributed by atoms with Crippen molar-refractivity contribution in [3.05, 3.63) is 65.7 Å². The van der Waals surface area contributed by atoms with E-state index in [4.69, 9.17) is 4.74 Å². The van der Waals surface area contributed by atoms with Crippen LogP contribution in [0.4, 0.5) is 0 Å². The van der Waals surface area contributed by atoms with Crippen LogP contribution in [0.3, 0.4) is 0 Å². The molecule has 2 rings (SSSR count). The SMILES string of the molecule is COc1ccc(C(C)N=Cc2ccccc2)cc1. The average Bonchev–Trinajstić information content (AvgIpc) is 2.46. The van der Waals surface area contributed by atoms with Crippen molar-refractivity contribution in [2.45, 2.75) is 13.0 Å². The van der Waals surface area contributed by atoms with Crippen LogP contribution in [-0.4, -0.2) is 13.3 Å². The number of hydrogen-bond donors (Lipinski definition) is 0. The Hall–Kier alpha value is -2.09. The van der Waals surface area contributed by atoms with Gasteiger partial charge in [0.1, 0.15) is 5.75 Å². The lowest BCUT2D eigenvalue weighted by Gasteiger charge is -2.07. The maximum absolute atomic E-state index is 5.14. The van der Waals surface area contributed by atoms with Gasteiger partial charge in [-0.3, -0.25) is 4.99 Å². The summed E-state index contributed by atoms with van der Waals surface area (Å²) < 4.78 is 5.14. The Balaban J connectivity index is 2.07. The van der Waals surface area contributed by atoms with E-state index in [1.165, 1.54) is 5.56 Å². The van der Waals surface area contributed by atoms with Gasteiger partial charge in [0.2, 0.25) is 0 Å². The van der Waals surface area contributed by atoms with Gasteiger partial charge < -0.3 is 4.74 Å². The largest absolute Gasteiger partial charge is 0.497 e. The van der Waals surface area contributed by atoms with Crippen molar-refractivity contribution in [1.82, 2.24) is 0 Å². The first-order valence-corrected chi connectivity index (χ1v) is 6.02. The fourth-order valence-electron chi connectivity index (χ4n) is 1.71. The maximum atomic E-state index is 5.14. The minimum atomic E-state index is 0.149. The summed E-state index contributed by atoms with van der Waals surface area (Å²) in [6.45, 7) is 2.08. The Morgan fingerprint density at radius 1 is 1.00 bits per heavy atom. The molecule has 0 bridgehead atoms. The molecule has 2 aromatic carbocycles. The number of hydrogen-bond acceptors (Lipinski definition) is 2. The van der Waals surface area contributed by atoms with Crippen LogP contribution in [0.25, 0.3) is 0 Å². The molecule has 0 spiro atoms. The first-order valence-electron chi connectivity index (χ1n) is 6.02. The molecule has 2 heteroatoms. The molecule has 0 saturated carbocycles. The number of methoxy groups -OCH3 is 1. The third kappa shape index (κ3) is 3.20. The van der Waals surface area contributed by atoms with Crippen LogP contribution in [0.5, 0.6) is 5.75 Å². The second kappa shape index (κ2) is 6.01. The summed E-state index contributed by atoms with van der Waals surface area (Å²) in [7, 11) is 1.67. The summed E-state index contributed by atoms with van der Waals surface area (Å²) in [5.41, 5.74) is 2.31. The van der Waals surface area contributed by atoms with Gasteiger partial charge in [-0.2, -0.15) is 0 Å². The van der Waals surface area contributed by atoms with E-state index in [0.717, 1.165) is 11.3 Å². The van der Waals surface area contributed by atoms with Gasteiger partial charge in [-0.05, 0) is 30.2 Å². The maximum Gasteiger partial charge on any atom is 0.118 e. The number of rotatable bonds is 4. The van der Waals surface area contributed by atoms with Gasteiger partial charge in [-0.1, -0.05) is 42.5 Å². The molecule has 0 N–H and O–H groups in total. The Bertz CT molecular complexity index is 502. The Morgan fingerprint density at radius 2 is 1.67 bits per heavy atom. The van der Waals surface area contributed by atoms with Crippen molar-refractivity contribution in [2.75, 3.05) is 7.11 Å². The normalized spacial score (nSPS) is 12.6. The van der Waals surface area contributed by atoms with Crippen LogP contribution < -0.4 is 4.74 Å². The third-order valence-corrected chi connectivity index (χ3v) is 2.84. The smallest absolute Gasteiger partial charge is 0.118 e. The molecule has 0 aromatic heterocycles. The first-order chi connectivity index (χ1) is 8.79. The van der Waals surface area contributed by atoms with E-state index in [1.807, 2.05) is 60.8 Å². The zero-order valence-electron chi connectivity index (χ0n) is 10.7. The van der Waals surface area contributed by atoms with Crippen molar-refractivity contribution >= 4 is 6.21 Å². The van der Waals surface area contributed by atoms with E-state index >= 15 is 0 Å². The molecule has 0 fully saturated rings. The lowest BCUT2D eigenvalue weighted by atomic mass is 10.1. The van der Waals surface area contributed by atoms with Crippen LogP contribution in [0, 0.1) is 0 Å². The molecular formula is C16H17NO. The molecule has 92 valence electrons. The summed E-state index contributed by atoms with van der Waals surface area (Å²) in [5, 5.41) is 0. The van der Waals surface area contributed by atoms with Gasteiger partial charge in [-0.15, -0.1) is 0 Å². The van der Waals surface area contributed by atoms with Gasteiger partial charge in [0.15, 0.2) is 0 Å². The van der Waals surface area contributed by atoms with Crippen LogP contribution >= 0.6 is 0 Å². The predicted octanol–water partition coefficient (Wildman–Crippen LogP) is 3.88. The third-order valence-electron chi connectivity index (χ3n) is 2.84. The molecule has 0 saturated heterocycles. The lowest BCUT2D eigenvalue weighted by molar-refractivity contribution is 0.414. The fraction of sp³-hybridized carbons (Fsp3) is 0.188. The molecule has 2 nitrogen and oxygen atoms in total. The van der Waals surface area contributed by atoms with Crippen LogP contribution in [0.2, 0.25) is 0 Å². The van der Waals surface area contributed by atoms with Gasteiger partial charge in [0.25, 0.3) is 0 Å².